The number of nitrogens with zero attached hydrogens (tertiary/aromatic N) is 2. The highest BCUT2D eigenvalue weighted by atomic mass is 16.2. The van der Waals surface area contributed by atoms with Crippen LogP contribution in [0.15, 0.2) is 36.5 Å². The van der Waals surface area contributed by atoms with E-state index in [1.54, 1.807) is 6.20 Å². The van der Waals surface area contributed by atoms with E-state index in [0.717, 1.165) is 18.1 Å². The van der Waals surface area contributed by atoms with E-state index in [4.69, 9.17) is 0 Å². The molecule has 2 amide bonds. The van der Waals surface area contributed by atoms with Gasteiger partial charge in [-0.3, -0.25) is 0 Å². The molecular weight excluding hydrogens is 300 g/mol. The third-order valence-corrected chi connectivity index (χ3v) is 5.40. The third-order valence-electron chi connectivity index (χ3n) is 5.40. The van der Waals surface area contributed by atoms with Crippen LogP contribution in [0.2, 0.25) is 0 Å². The van der Waals surface area contributed by atoms with Crippen LogP contribution in [0.3, 0.4) is 0 Å². The molecule has 0 radical (unpaired) electrons. The van der Waals surface area contributed by atoms with Crippen LogP contribution in [0.5, 0.6) is 0 Å². The molecule has 2 N–H and O–H groups in total. The van der Waals surface area contributed by atoms with E-state index >= 15 is 0 Å². The maximum Gasteiger partial charge on any atom is 0.315 e. The molecule has 2 atom stereocenters. The van der Waals surface area contributed by atoms with Gasteiger partial charge in [0.05, 0.1) is 12.2 Å². The van der Waals surface area contributed by atoms with Crippen LogP contribution < -0.4 is 10.6 Å². The Hall–Kier alpha value is -2.43. The minimum atomic E-state index is -0.125. The summed E-state index contributed by atoms with van der Waals surface area (Å²) in [6.45, 7) is 3.01. The van der Waals surface area contributed by atoms with Gasteiger partial charge in [-0.15, -0.1) is 0 Å². The quantitative estimate of drug-likeness (QED) is 0.909. The molecule has 1 fully saturated rings. The van der Waals surface area contributed by atoms with E-state index < -0.39 is 0 Å². The molecular formula is C19H22N4O. The van der Waals surface area contributed by atoms with Crippen LogP contribution in [-0.4, -0.2) is 22.5 Å². The molecule has 4 rings (SSSR count). The molecule has 1 aromatic carbocycles. The molecule has 0 aliphatic heterocycles. The average molecular weight is 322 g/mol. The lowest BCUT2D eigenvalue weighted by molar-refractivity contribution is 0.239. The highest BCUT2D eigenvalue weighted by Gasteiger charge is 2.57. The SMILES string of the molecule is Cc1nccc(CNC(=O)NC[C@H]2C[C@@]23CCc2ccccc23)n1. The molecule has 124 valence electrons. The number of aryl methyl sites for hydroxylation is 2. The lowest BCUT2D eigenvalue weighted by atomic mass is 9.95. The number of benzene rings is 1. The number of carbonyl (C=O) groups excluding carboxylic acids is 1. The van der Waals surface area contributed by atoms with Crippen molar-refractivity contribution < 1.29 is 4.79 Å². The number of rotatable bonds is 4. The van der Waals surface area contributed by atoms with Gasteiger partial charge < -0.3 is 10.6 Å². The topological polar surface area (TPSA) is 66.9 Å². The lowest BCUT2D eigenvalue weighted by Crippen LogP contribution is -2.37. The Morgan fingerprint density at radius 1 is 1.29 bits per heavy atom. The number of nitrogens with one attached hydrogen (secondary N) is 2. The van der Waals surface area contributed by atoms with E-state index in [2.05, 4.69) is 44.9 Å². The minimum Gasteiger partial charge on any atom is -0.338 e. The van der Waals surface area contributed by atoms with E-state index in [0.29, 0.717) is 17.9 Å². The van der Waals surface area contributed by atoms with Gasteiger partial charge in [0.25, 0.3) is 0 Å². The minimum absolute atomic E-state index is 0.125. The fraction of sp³-hybridized carbons (Fsp3) is 0.421. The number of fused-ring (bicyclic) bond motifs is 2. The molecule has 2 aliphatic rings. The highest BCUT2D eigenvalue weighted by molar-refractivity contribution is 5.73. The highest BCUT2D eigenvalue weighted by Crippen LogP contribution is 2.61. The summed E-state index contributed by atoms with van der Waals surface area (Å²) in [7, 11) is 0. The summed E-state index contributed by atoms with van der Waals surface area (Å²) >= 11 is 0. The summed E-state index contributed by atoms with van der Waals surface area (Å²) in [5, 5.41) is 5.89. The molecule has 1 heterocycles. The van der Waals surface area contributed by atoms with Crippen molar-refractivity contribution in [3.8, 4) is 0 Å². The number of hydrogen-bond donors (Lipinski definition) is 2. The van der Waals surface area contributed by atoms with Crippen molar-refractivity contribution in [1.82, 2.24) is 20.6 Å². The van der Waals surface area contributed by atoms with Crippen LogP contribution >= 0.6 is 0 Å². The van der Waals surface area contributed by atoms with Gasteiger partial charge in [-0.05, 0) is 49.3 Å². The zero-order valence-corrected chi connectivity index (χ0v) is 13.9. The van der Waals surface area contributed by atoms with Crippen LogP contribution in [0.4, 0.5) is 4.79 Å². The normalized spacial score (nSPS) is 23.8. The van der Waals surface area contributed by atoms with E-state index in [9.17, 15) is 4.79 Å². The second kappa shape index (κ2) is 5.89. The standard InChI is InChI=1S/C19H22N4O/c1-13-20-9-7-16(23-13)12-22-18(24)21-11-15-10-19(15)8-6-14-4-2-3-5-17(14)19/h2-5,7,9,15H,6,8,10-12H2,1H3,(H2,21,22,24)/t15-,19+/m1/s1. The van der Waals surface area contributed by atoms with Gasteiger partial charge in [0.15, 0.2) is 0 Å². The first-order valence-corrected chi connectivity index (χ1v) is 8.56. The summed E-state index contributed by atoms with van der Waals surface area (Å²) in [5.74, 6) is 1.28. The van der Waals surface area contributed by atoms with Gasteiger partial charge in [-0.25, -0.2) is 14.8 Å². The van der Waals surface area contributed by atoms with Crippen molar-refractivity contribution in [2.75, 3.05) is 6.54 Å². The van der Waals surface area contributed by atoms with E-state index in [1.165, 1.54) is 30.4 Å². The van der Waals surface area contributed by atoms with Crippen LogP contribution in [0.25, 0.3) is 0 Å². The number of urea groups is 1. The largest absolute Gasteiger partial charge is 0.338 e. The Labute approximate surface area is 141 Å². The van der Waals surface area contributed by atoms with Crippen molar-refractivity contribution in [2.45, 2.75) is 38.1 Å². The van der Waals surface area contributed by atoms with Crippen molar-refractivity contribution in [3.05, 3.63) is 59.2 Å². The monoisotopic (exact) mass is 322 g/mol. The Bertz CT molecular complexity index is 775. The maximum atomic E-state index is 12.0. The smallest absolute Gasteiger partial charge is 0.315 e. The molecule has 1 aromatic heterocycles. The summed E-state index contributed by atoms with van der Waals surface area (Å²) in [5.41, 5.74) is 4.15. The first kappa shape index (κ1) is 15.1. The van der Waals surface area contributed by atoms with Gasteiger partial charge in [0.1, 0.15) is 5.82 Å². The number of carbonyl (C=O) groups is 1. The molecule has 5 nitrogen and oxygen atoms in total. The average Bonchev–Trinajstić information content (AvgIpc) is 3.18. The number of hydrogen-bond acceptors (Lipinski definition) is 3. The molecule has 2 aliphatic carbocycles. The van der Waals surface area contributed by atoms with Gasteiger partial charge in [0.2, 0.25) is 0 Å². The predicted octanol–water partition coefficient (Wildman–Crippen LogP) is 2.49. The van der Waals surface area contributed by atoms with Crippen molar-refractivity contribution in [2.24, 2.45) is 5.92 Å². The van der Waals surface area contributed by atoms with Gasteiger partial charge >= 0.3 is 6.03 Å². The summed E-state index contributed by atoms with van der Waals surface area (Å²) in [6.07, 6.45) is 5.30. The zero-order chi connectivity index (χ0) is 16.6. The Morgan fingerprint density at radius 2 is 2.17 bits per heavy atom. The van der Waals surface area contributed by atoms with Crippen LogP contribution in [0.1, 0.15) is 35.5 Å². The fourth-order valence-electron chi connectivity index (χ4n) is 4.05. The van der Waals surface area contributed by atoms with E-state index in [-0.39, 0.29) is 6.03 Å². The Kier molecular flexibility index (Phi) is 3.71. The molecule has 0 unspecified atom stereocenters. The van der Waals surface area contributed by atoms with Gasteiger partial charge in [-0.2, -0.15) is 0 Å². The van der Waals surface area contributed by atoms with Crippen LogP contribution in [0, 0.1) is 12.8 Å². The third kappa shape index (κ3) is 2.75. The second-order valence-corrected chi connectivity index (χ2v) is 6.87. The summed E-state index contributed by atoms with van der Waals surface area (Å²) in [4.78, 5) is 20.4. The summed E-state index contributed by atoms with van der Waals surface area (Å²) < 4.78 is 0. The van der Waals surface area contributed by atoms with Crippen molar-refractivity contribution in [1.29, 1.82) is 0 Å². The van der Waals surface area contributed by atoms with Crippen LogP contribution in [-0.2, 0) is 18.4 Å². The molecule has 1 saturated carbocycles. The van der Waals surface area contributed by atoms with Crippen molar-refractivity contribution in [3.63, 3.8) is 0 Å². The Balaban J connectivity index is 1.27. The first-order chi connectivity index (χ1) is 11.7. The van der Waals surface area contributed by atoms with Crippen molar-refractivity contribution >= 4 is 6.03 Å². The second-order valence-electron chi connectivity index (χ2n) is 6.87. The van der Waals surface area contributed by atoms with E-state index in [1.807, 2.05) is 13.0 Å². The molecule has 5 heteroatoms. The molecule has 1 spiro atoms. The number of amides is 2. The predicted molar refractivity (Wildman–Crippen MR) is 91.6 cm³/mol. The van der Waals surface area contributed by atoms with Gasteiger partial charge in [-0.1, -0.05) is 24.3 Å². The zero-order valence-electron chi connectivity index (χ0n) is 13.9. The lowest BCUT2D eigenvalue weighted by Gasteiger charge is -2.12. The van der Waals surface area contributed by atoms with Gasteiger partial charge in [0, 0.05) is 18.2 Å². The molecule has 24 heavy (non-hydrogen) atoms. The first-order valence-electron chi connectivity index (χ1n) is 8.56. The maximum absolute atomic E-state index is 12.0. The fourth-order valence-corrected chi connectivity index (χ4v) is 4.05. The number of aromatic nitrogens is 2. The summed E-state index contributed by atoms with van der Waals surface area (Å²) in [6, 6.07) is 10.4. The molecule has 2 aromatic rings. The Morgan fingerprint density at radius 3 is 3.04 bits per heavy atom. The molecule has 0 bridgehead atoms. The molecule has 0 saturated heterocycles.